The van der Waals surface area contributed by atoms with Crippen molar-refractivity contribution < 1.29 is 4.39 Å². The summed E-state index contributed by atoms with van der Waals surface area (Å²) in [5, 5.41) is 0. The summed E-state index contributed by atoms with van der Waals surface area (Å²) in [6, 6.07) is 4.79. The van der Waals surface area contributed by atoms with Gasteiger partial charge in [0.25, 0.3) is 0 Å². The van der Waals surface area contributed by atoms with Crippen LogP contribution in [0, 0.1) is 5.82 Å². The van der Waals surface area contributed by atoms with Crippen molar-refractivity contribution in [2.75, 3.05) is 0 Å². The lowest BCUT2D eigenvalue weighted by Crippen LogP contribution is -1.96. The van der Waals surface area contributed by atoms with Crippen molar-refractivity contribution in [3.8, 4) is 0 Å². The van der Waals surface area contributed by atoms with Gasteiger partial charge in [-0.25, -0.2) is 4.39 Å². The number of benzene rings is 1. The second-order valence-electron chi connectivity index (χ2n) is 2.68. The van der Waals surface area contributed by atoms with Crippen LogP contribution in [-0.2, 0) is 6.42 Å². The molecule has 0 spiro atoms. The first-order valence-electron chi connectivity index (χ1n) is 3.88. The monoisotopic (exact) mass is 165 g/mol. The van der Waals surface area contributed by atoms with Crippen LogP contribution in [0.25, 0.3) is 5.70 Å². The average Bonchev–Trinajstić information content (AvgIpc) is 2.05. The van der Waals surface area contributed by atoms with Gasteiger partial charge in [0.05, 0.1) is 0 Å². The second-order valence-corrected chi connectivity index (χ2v) is 2.68. The van der Waals surface area contributed by atoms with Crippen LogP contribution in [0.3, 0.4) is 0 Å². The van der Waals surface area contributed by atoms with E-state index in [1.807, 2.05) is 6.92 Å². The fourth-order valence-corrected chi connectivity index (χ4v) is 1.05. The Bertz CT molecular complexity index is 305. The second kappa shape index (κ2) is 3.39. The molecule has 0 atom stereocenters. The van der Waals surface area contributed by atoms with Crippen molar-refractivity contribution in [2.24, 2.45) is 5.73 Å². The Morgan fingerprint density at radius 2 is 2.25 bits per heavy atom. The molecular weight excluding hydrogens is 153 g/mol. The van der Waals surface area contributed by atoms with Crippen molar-refractivity contribution in [3.05, 3.63) is 41.7 Å². The first kappa shape index (κ1) is 8.78. The zero-order chi connectivity index (χ0) is 9.14. The number of hydrogen-bond donors (Lipinski definition) is 1. The van der Waals surface area contributed by atoms with Gasteiger partial charge < -0.3 is 5.73 Å². The third-order valence-electron chi connectivity index (χ3n) is 1.80. The smallest absolute Gasteiger partial charge is 0.126 e. The quantitative estimate of drug-likeness (QED) is 0.715. The highest BCUT2D eigenvalue weighted by Crippen LogP contribution is 2.14. The Hall–Kier alpha value is -1.31. The normalized spacial score (nSPS) is 9.83. The number of rotatable bonds is 2. The minimum atomic E-state index is -0.178. The molecule has 1 nitrogen and oxygen atoms in total. The summed E-state index contributed by atoms with van der Waals surface area (Å²) in [6.07, 6.45) is 0.674. The largest absolute Gasteiger partial charge is 0.399 e. The standard InChI is InChI=1S/C10H12FN/c1-3-8-6-9(7(2)12)4-5-10(8)11/h4-6H,2-3,12H2,1H3. The van der Waals surface area contributed by atoms with Crippen LogP contribution in [-0.4, -0.2) is 0 Å². The molecule has 64 valence electrons. The van der Waals surface area contributed by atoms with Crippen molar-refractivity contribution >= 4 is 5.70 Å². The highest BCUT2D eigenvalue weighted by molar-refractivity contribution is 5.60. The van der Waals surface area contributed by atoms with Gasteiger partial charge in [-0.15, -0.1) is 0 Å². The highest BCUT2D eigenvalue weighted by Gasteiger charge is 2.01. The topological polar surface area (TPSA) is 26.0 Å². The molecule has 1 aromatic rings. The lowest BCUT2D eigenvalue weighted by molar-refractivity contribution is 0.612. The molecule has 0 bridgehead atoms. The molecule has 1 rings (SSSR count). The maximum atomic E-state index is 13.0. The fraction of sp³-hybridized carbons (Fsp3) is 0.200. The van der Waals surface area contributed by atoms with E-state index >= 15 is 0 Å². The zero-order valence-corrected chi connectivity index (χ0v) is 7.10. The molecule has 2 N–H and O–H groups in total. The summed E-state index contributed by atoms with van der Waals surface area (Å²) in [4.78, 5) is 0. The predicted molar refractivity (Wildman–Crippen MR) is 49.0 cm³/mol. The lowest BCUT2D eigenvalue weighted by atomic mass is 10.1. The summed E-state index contributed by atoms with van der Waals surface area (Å²) in [5.41, 5.74) is 7.43. The lowest BCUT2D eigenvalue weighted by Gasteiger charge is -2.03. The van der Waals surface area contributed by atoms with Crippen LogP contribution in [0.15, 0.2) is 24.8 Å². The maximum Gasteiger partial charge on any atom is 0.126 e. The molecule has 0 heterocycles. The van der Waals surface area contributed by atoms with Gasteiger partial charge in [-0.2, -0.15) is 0 Å². The number of halogens is 1. The molecule has 0 aliphatic rings. The number of hydrogen-bond acceptors (Lipinski definition) is 1. The van der Waals surface area contributed by atoms with E-state index in [1.165, 1.54) is 6.07 Å². The summed E-state index contributed by atoms with van der Waals surface area (Å²) in [5.74, 6) is -0.178. The van der Waals surface area contributed by atoms with Crippen LogP contribution in [0.2, 0.25) is 0 Å². The average molecular weight is 165 g/mol. The summed E-state index contributed by atoms with van der Waals surface area (Å²) < 4.78 is 13.0. The fourth-order valence-electron chi connectivity index (χ4n) is 1.05. The van der Waals surface area contributed by atoms with Gasteiger partial charge in [-0.05, 0) is 29.7 Å². The number of aryl methyl sites for hydroxylation is 1. The van der Waals surface area contributed by atoms with E-state index in [-0.39, 0.29) is 5.82 Å². The minimum Gasteiger partial charge on any atom is -0.399 e. The third-order valence-corrected chi connectivity index (χ3v) is 1.80. The van der Waals surface area contributed by atoms with E-state index in [0.717, 1.165) is 5.56 Å². The number of nitrogens with two attached hydrogens (primary N) is 1. The van der Waals surface area contributed by atoms with Gasteiger partial charge in [0.1, 0.15) is 5.82 Å². The Balaban J connectivity index is 3.13. The molecule has 2 heteroatoms. The third kappa shape index (κ3) is 1.64. The first-order valence-corrected chi connectivity index (χ1v) is 3.88. The van der Waals surface area contributed by atoms with E-state index in [1.54, 1.807) is 12.1 Å². The van der Waals surface area contributed by atoms with E-state index in [0.29, 0.717) is 17.7 Å². The van der Waals surface area contributed by atoms with E-state index in [4.69, 9.17) is 5.73 Å². The molecule has 0 aliphatic carbocycles. The van der Waals surface area contributed by atoms with E-state index in [2.05, 4.69) is 6.58 Å². The summed E-state index contributed by atoms with van der Waals surface area (Å²) >= 11 is 0. The highest BCUT2D eigenvalue weighted by atomic mass is 19.1. The molecule has 12 heavy (non-hydrogen) atoms. The predicted octanol–water partition coefficient (Wildman–Crippen LogP) is 2.32. The molecule has 0 amide bonds. The van der Waals surface area contributed by atoms with Crippen LogP contribution >= 0.6 is 0 Å². The maximum absolute atomic E-state index is 13.0. The van der Waals surface area contributed by atoms with Crippen molar-refractivity contribution in [1.82, 2.24) is 0 Å². The Morgan fingerprint density at radius 3 is 2.75 bits per heavy atom. The van der Waals surface area contributed by atoms with Gasteiger partial charge in [0, 0.05) is 5.70 Å². The summed E-state index contributed by atoms with van der Waals surface area (Å²) in [7, 11) is 0. The van der Waals surface area contributed by atoms with Gasteiger partial charge in [0.2, 0.25) is 0 Å². The molecular formula is C10H12FN. The van der Waals surface area contributed by atoms with Crippen LogP contribution < -0.4 is 5.73 Å². The molecule has 0 fully saturated rings. The van der Waals surface area contributed by atoms with Crippen molar-refractivity contribution in [3.63, 3.8) is 0 Å². The van der Waals surface area contributed by atoms with Gasteiger partial charge >= 0.3 is 0 Å². The van der Waals surface area contributed by atoms with Crippen LogP contribution in [0.4, 0.5) is 4.39 Å². The van der Waals surface area contributed by atoms with E-state index in [9.17, 15) is 4.39 Å². The SMILES string of the molecule is C=C(N)c1ccc(F)c(CC)c1. The van der Waals surface area contributed by atoms with Gasteiger partial charge in [-0.1, -0.05) is 19.6 Å². The molecule has 0 aliphatic heterocycles. The molecule has 0 unspecified atom stereocenters. The zero-order valence-electron chi connectivity index (χ0n) is 7.10. The Kier molecular flexibility index (Phi) is 2.48. The van der Waals surface area contributed by atoms with Crippen molar-refractivity contribution in [2.45, 2.75) is 13.3 Å². The summed E-state index contributed by atoms with van der Waals surface area (Å²) in [6.45, 7) is 5.49. The molecule has 0 radical (unpaired) electrons. The molecule has 0 saturated heterocycles. The van der Waals surface area contributed by atoms with E-state index < -0.39 is 0 Å². The molecule has 0 aromatic heterocycles. The first-order chi connectivity index (χ1) is 5.65. The Morgan fingerprint density at radius 1 is 1.58 bits per heavy atom. The van der Waals surface area contributed by atoms with Crippen LogP contribution in [0.5, 0.6) is 0 Å². The van der Waals surface area contributed by atoms with Gasteiger partial charge in [0.15, 0.2) is 0 Å². The molecule has 1 aromatic carbocycles. The van der Waals surface area contributed by atoms with Gasteiger partial charge in [-0.3, -0.25) is 0 Å². The Labute approximate surface area is 71.7 Å². The van der Waals surface area contributed by atoms with Crippen LogP contribution in [0.1, 0.15) is 18.1 Å². The minimum absolute atomic E-state index is 0.178. The molecule has 0 saturated carbocycles. The van der Waals surface area contributed by atoms with Crippen molar-refractivity contribution in [1.29, 1.82) is 0 Å².